The summed E-state index contributed by atoms with van der Waals surface area (Å²) in [5.41, 5.74) is 0.668. The molecule has 1 heterocycles. The largest absolute Gasteiger partial charge is 0.480 e. The molecule has 6 heteroatoms. The van der Waals surface area contributed by atoms with E-state index in [-0.39, 0.29) is 6.42 Å². The van der Waals surface area contributed by atoms with Crippen LogP contribution in [0.3, 0.4) is 0 Å². The number of imidazole rings is 1. The van der Waals surface area contributed by atoms with E-state index in [0.29, 0.717) is 12.1 Å². The summed E-state index contributed by atoms with van der Waals surface area (Å²) < 4.78 is 0. The van der Waals surface area contributed by atoms with Crippen molar-refractivity contribution < 1.29 is 14.7 Å². The van der Waals surface area contributed by atoms with Gasteiger partial charge in [-0.05, 0) is 0 Å². The highest BCUT2D eigenvalue weighted by Gasteiger charge is 2.16. The molecule has 0 fully saturated rings. The van der Waals surface area contributed by atoms with E-state index in [1.54, 1.807) is 0 Å². The fourth-order valence-electron chi connectivity index (χ4n) is 0.916. The molecule has 0 bridgehead atoms. The molecule has 0 spiro atoms. The Labute approximate surface area is 74.0 Å². The van der Waals surface area contributed by atoms with E-state index in [0.717, 1.165) is 0 Å². The van der Waals surface area contributed by atoms with Gasteiger partial charge in [0.1, 0.15) is 6.04 Å². The van der Waals surface area contributed by atoms with E-state index in [1.807, 2.05) is 0 Å². The predicted molar refractivity (Wildman–Crippen MR) is 42.9 cm³/mol. The van der Waals surface area contributed by atoms with E-state index >= 15 is 0 Å². The molecule has 1 atom stereocenters. The maximum absolute atomic E-state index is 10.6. The van der Waals surface area contributed by atoms with E-state index in [1.165, 1.54) is 12.5 Å². The van der Waals surface area contributed by atoms with Gasteiger partial charge < -0.3 is 15.4 Å². The van der Waals surface area contributed by atoms with Crippen molar-refractivity contribution in [1.29, 1.82) is 0 Å². The normalized spacial score (nSPS) is 12.0. The van der Waals surface area contributed by atoms with Crippen LogP contribution in [0.4, 0.5) is 0 Å². The van der Waals surface area contributed by atoms with Crippen LogP contribution in [0.1, 0.15) is 5.69 Å². The molecular weight excluding hydrogens is 174 g/mol. The molecule has 0 saturated carbocycles. The number of aromatic nitrogens is 2. The number of aromatic amines is 1. The van der Waals surface area contributed by atoms with Gasteiger partial charge in [-0.2, -0.15) is 0 Å². The Kier molecular flexibility index (Phi) is 3.02. The van der Waals surface area contributed by atoms with Crippen molar-refractivity contribution in [3.05, 3.63) is 18.2 Å². The molecule has 0 saturated heterocycles. The van der Waals surface area contributed by atoms with Crippen molar-refractivity contribution in [1.82, 2.24) is 15.3 Å². The quantitative estimate of drug-likeness (QED) is 0.518. The van der Waals surface area contributed by atoms with Crippen LogP contribution < -0.4 is 5.32 Å². The van der Waals surface area contributed by atoms with Gasteiger partial charge in [0.25, 0.3) is 0 Å². The topological polar surface area (TPSA) is 95.1 Å². The molecule has 0 aromatic carbocycles. The summed E-state index contributed by atoms with van der Waals surface area (Å²) in [5, 5.41) is 10.8. The maximum atomic E-state index is 10.6. The summed E-state index contributed by atoms with van der Waals surface area (Å²) in [6, 6.07) is -0.905. The molecule has 13 heavy (non-hydrogen) atoms. The fourth-order valence-corrected chi connectivity index (χ4v) is 0.916. The summed E-state index contributed by atoms with van der Waals surface area (Å²) in [7, 11) is 0. The smallest absolute Gasteiger partial charge is 0.326 e. The third-order valence-corrected chi connectivity index (χ3v) is 1.55. The third-order valence-electron chi connectivity index (χ3n) is 1.55. The molecule has 1 amide bonds. The van der Waals surface area contributed by atoms with Crippen LogP contribution in [0.15, 0.2) is 12.5 Å². The molecule has 70 valence electrons. The number of carbonyl (C=O) groups is 2. The van der Waals surface area contributed by atoms with Crippen molar-refractivity contribution in [2.45, 2.75) is 12.5 Å². The van der Waals surface area contributed by atoms with Gasteiger partial charge >= 0.3 is 5.97 Å². The first-order chi connectivity index (χ1) is 6.24. The molecule has 1 aromatic heterocycles. The Morgan fingerprint density at radius 2 is 2.62 bits per heavy atom. The number of carboxylic acids is 1. The number of aliphatic carboxylic acids is 1. The fraction of sp³-hybridized carbons (Fsp3) is 0.286. The van der Waals surface area contributed by atoms with Crippen LogP contribution in [0.5, 0.6) is 0 Å². The van der Waals surface area contributed by atoms with E-state index in [4.69, 9.17) is 5.11 Å². The van der Waals surface area contributed by atoms with Crippen LogP contribution in [0.2, 0.25) is 0 Å². The van der Waals surface area contributed by atoms with Crippen molar-refractivity contribution in [3.63, 3.8) is 0 Å². The highest BCUT2D eigenvalue weighted by molar-refractivity contribution is 5.76. The zero-order valence-corrected chi connectivity index (χ0v) is 6.73. The minimum atomic E-state index is -1.07. The summed E-state index contributed by atoms with van der Waals surface area (Å²) in [5.74, 6) is -1.07. The van der Waals surface area contributed by atoms with Crippen LogP contribution in [0.25, 0.3) is 0 Å². The zero-order valence-electron chi connectivity index (χ0n) is 6.73. The predicted octanol–water partition coefficient (Wildman–Crippen LogP) is -0.849. The van der Waals surface area contributed by atoms with Crippen molar-refractivity contribution in [2.24, 2.45) is 0 Å². The molecule has 0 aliphatic heterocycles. The second-order valence-electron chi connectivity index (χ2n) is 2.46. The first-order valence-electron chi connectivity index (χ1n) is 3.64. The number of carboxylic acid groups (broad SMARTS) is 1. The van der Waals surface area contributed by atoms with Gasteiger partial charge in [0, 0.05) is 18.3 Å². The molecule has 3 N–H and O–H groups in total. The summed E-state index contributed by atoms with van der Waals surface area (Å²) in [4.78, 5) is 27.1. The lowest BCUT2D eigenvalue weighted by molar-refractivity contribution is -0.140. The average Bonchev–Trinajstić information content (AvgIpc) is 2.56. The Hall–Kier alpha value is -1.85. The highest BCUT2D eigenvalue weighted by Crippen LogP contribution is 1.97. The Morgan fingerprint density at radius 3 is 3.08 bits per heavy atom. The second kappa shape index (κ2) is 4.24. The number of amides is 1. The number of hydrogen-bond donors (Lipinski definition) is 3. The second-order valence-corrected chi connectivity index (χ2v) is 2.46. The SMILES string of the molecule is O=CNC(Cc1cnc[nH]1)C(=O)O. The minimum Gasteiger partial charge on any atom is -0.480 e. The lowest BCUT2D eigenvalue weighted by atomic mass is 10.2. The maximum Gasteiger partial charge on any atom is 0.326 e. The van der Waals surface area contributed by atoms with Crippen LogP contribution >= 0.6 is 0 Å². The molecule has 0 aliphatic carbocycles. The van der Waals surface area contributed by atoms with Gasteiger partial charge in [-0.25, -0.2) is 9.78 Å². The number of rotatable bonds is 5. The number of nitrogens with one attached hydrogen (secondary N) is 2. The standard InChI is InChI=1S/C7H9N3O3/c11-4-10-6(7(12)13)1-5-2-8-3-9-5/h2-4,6H,1H2,(H,8,9)(H,10,11)(H,12,13). The monoisotopic (exact) mass is 183 g/mol. The van der Waals surface area contributed by atoms with E-state index < -0.39 is 12.0 Å². The van der Waals surface area contributed by atoms with Gasteiger partial charge in [0.2, 0.25) is 6.41 Å². The number of hydrogen-bond acceptors (Lipinski definition) is 3. The Bertz CT molecular complexity index is 283. The lowest BCUT2D eigenvalue weighted by Crippen LogP contribution is -2.37. The van der Waals surface area contributed by atoms with Gasteiger partial charge in [0.05, 0.1) is 6.33 Å². The van der Waals surface area contributed by atoms with Gasteiger partial charge in [0.15, 0.2) is 0 Å². The minimum absolute atomic E-state index is 0.202. The van der Waals surface area contributed by atoms with Crippen molar-refractivity contribution in [2.75, 3.05) is 0 Å². The third kappa shape index (κ3) is 2.58. The molecule has 0 radical (unpaired) electrons. The number of carbonyl (C=O) groups excluding carboxylic acids is 1. The van der Waals surface area contributed by atoms with E-state index in [9.17, 15) is 9.59 Å². The van der Waals surface area contributed by atoms with Gasteiger partial charge in [-0.1, -0.05) is 0 Å². The van der Waals surface area contributed by atoms with Crippen molar-refractivity contribution in [3.8, 4) is 0 Å². The van der Waals surface area contributed by atoms with Crippen LogP contribution in [-0.2, 0) is 16.0 Å². The molecule has 1 aromatic rings. The number of H-pyrrole nitrogens is 1. The van der Waals surface area contributed by atoms with E-state index in [2.05, 4.69) is 15.3 Å². The van der Waals surface area contributed by atoms with Crippen molar-refractivity contribution >= 4 is 12.4 Å². The highest BCUT2D eigenvalue weighted by atomic mass is 16.4. The summed E-state index contributed by atoms with van der Waals surface area (Å²) in [6.07, 6.45) is 3.54. The Balaban J connectivity index is 2.57. The summed E-state index contributed by atoms with van der Waals surface area (Å²) >= 11 is 0. The average molecular weight is 183 g/mol. The Morgan fingerprint density at radius 1 is 1.85 bits per heavy atom. The molecule has 1 unspecified atom stereocenters. The van der Waals surface area contributed by atoms with Crippen LogP contribution in [0, 0.1) is 0 Å². The molecule has 1 rings (SSSR count). The molecule has 6 nitrogen and oxygen atoms in total. The zero-order chi connectivity index (χ0) is 9.68. The molecular formula is C7H9N3O3. The number of nitrogens with zero attached hydrogens (tertiary/aromatic N) is 1. The van der Waals surface area contributed by atoms with Gasteiger partial charge in [-0.3, -0.25) is 4.79 Å². The summed E-state index contributed by atoms with van der Waals surface area (Å²) in [6.45, 7) is 0. The van der Waals surface area contributed by atoms with Crippen LogP contribution in [-0.4, -0.2) is 33.5 Å². The lowest BCUT2D eigenvalue weighted by Gasteiger charge is -2.08. The first kappa shape index (κ1) is 9.24. The first-order valence-corrected chi connectivity index (χ1v) is 3.64. The van der Waals surface area contributed by atoms with Gasteiger partial charge in [-0.15, -0.1) is 0 Å². The molecule has 0 aliphatic rings.